The van der Waals surface area contributed by atoms with Crippen molar-refractivity contribution in [2.24, 2.45) is 0 Å². The second-order valence-corrected chi connectivity index (χ2v) is 16.4. The summed E-state index contributed by atoms with van der Waals surface area (Å²) in [6, 6.07) is 89.7. The fourth-order valence-electron chi connectivity index (χ4n) is 9.54. The van der Waals surface area contributed by atoms with Crippen LogP contribution in [0.1, 0.15) is 0 Å². The first-order valence-corrected chi connectivity index (χ1v) is 21.9. The van der Waals surface area contributed by atoms with Gasteiger partial charge in [-0.15, -0.1) is 0 Å². The van der Waals surface area contributed by atoms with Crippen molar-refractivity contribution in [3.63, 3.8) is 0 Å². The van der Waals surface area contributed by atoms with Crippen LogP contribution in [0.2, 0.25) is 0 Å². The van der Waals surface area contributed by atoms with E-state index in [0.29, 0.717) is 0 Å². The van der Waals surface area contributed by atoms with E-state index < -0.39 is 0 Å². The molecule has 2 heteroatoms. The Morgan fingerprint density at radius 2 is 0.703 bits per heavy atom. The third-order valence-corrected chi connectivity index (χ3v) is 12.7. The maximum atomic E-state index is 6.49. The first-order chi connectivity index (χ1) is 31.7. The zero-order chi connectivity index (χ0) is 42.4. The average molecular weight is 816 g/mol. The van der Waals surface area contributed by atoms with Gasteiger partial charge in [-0.1, -0.05) is 212 Å². The van der Waals surface area contributed by atoms with Gasteiger partial charge >= 0.3 is 0 Å². The third kappa shape index (κ3) is 6.61. The van der Waals surface area contributed by atoms with Crippen molar-refractivity contribution >= 4 is 60.5 Å². The number of benzene rings is 11. The van der Waals surface area contributed by atoms with E-state index in [1.165, 1.54) is 43.8 Å². The molecule has 2 nitrogen and oxygen atoms in total. The largest absolute Gasteiger partial charge is 0.455 e. The van der Waals surface area contributed by atoms with Gasteiger partial charge in [-0.25, -0.2) is 0 Å². The monoisotopic (exact) mass is 815 g/mol. The van der Waals surface area contributed by atoms with Crippen LogP contribution in [0.25, 0.3) is 99.1 Å². The minimum atomic E-state index is 0.900. The van der Waals surface area contributed by atoms with Crippen LogP contribution in [0, 0.1) is 0 Å². The number of para-hydroxylation sites is 2. The van der Waals surface area contributed by atoms with E-state index in [1.54, 1.807) is 0 Å². The maximum absolute atomic E-state index is 6.49. The molecule has 0 aliphatic heterocycles. The molecule has 11 aromatic carbocycles. The number of nitrogens with zero attached hydrogens (tertiary/aromatic N) is 1. The lowest BCUT2D eigenvalue weighted by Crippen LogP contribution is -2.11. The number of anilines is 3. The lowest BCUT2D eigenvalue weighted by atomic mass is 9.94. The zero-order valence-corrected chi connectivity index (χ0v) is 35.0. The predicted octanol–water partition coefficient (Wildman–Crippen LogP) is 17.7. The van der Waals surface area contributed by atoms with E-state index in [4.69, 9.17) is 4.42 Å². The highest BCUT2D eigenvalue weighted by Crippen LogP contribution is 2.45. The smallest absolute Gasteiger partial charge is 0.143 e. The van der Waals surface area contributed by atoms with Crippen LogP contribution in [-0.4, -0.2) is 0 Å². The van der Waals surface area contributed by atoms with Crippen LogP contribution < -0.4 is 4.90 Å². The molecule has 300 valence electrons. The molecule has 0 radical (unpaired) electrons. The molecule has 12 aromatic rings. The van der Waals surface area contributed by atoms with Gasteiger partial charge in [0.2, 0.25) is 0 Å². The highest BCUT2D eigenvalue weighted by Gasteiger charge is 2.20. The predicted molar refractivity (Wildman–Crippen MR) is 271 cm³/mol. The SMILES string of the molecule is c1ccc(-c2ccc(-c3cccc4ccccc34)cc2N(c2ccc(-c3ccc(-c4cccc5ccccc45)cc3)cc2)c2ccc(-c3cccc4c3oc3ccccc34)cc2)cc1. The fourth-order valence-corrected chi connectivity index (χ4v) is 9.54. The normalized spacial score (nSPS) is 11.4. The molecule has 0 saturated carbocycles. The molecular formula is C62H41NO. The second kappa shape index (κ2) is 15.8. The number of fused-ring (bicyclic) bond motifs is 5. The summed E-state index contributed by atoms with van der Waals surface area (Å²) in [6.07, 6.45) is 0. The van der Waals surface area contributed by atoms with Crippen LogP contribution >= 0.6 is 0 Å². The molecule has 12 rings (SSSR count). The van der Waals surface area contributed by atoms with E-state index in [9.17, 15) is 0 Å². The van der Waals surface area contributed by atoms with E-state index in [2.05, 4.69) is 241 Å². The lowest BCUT2D eigenvalue weighted by molar-refractivity contribution is 0.670. The summed E-state index contributed by atoms with van der Waals surface area (Å²) < 4.78 is 6.49. The molecule has 0 atom stereocenters. The second-order valence-electron chi connectivity index (χ2n) is 16.4. The molecule has 0 bridgehead atoms. The Bertz CT molecular complexity index is 3630. The van der Waals surface area contributed by atoms with Crippen LogP contribution in [0.5, 0.6) is 0 Å². The van der Waals surface area contributed by atoms with Crippen LogP contribution in [0.15, 0.2) is 253 Å². The summed E-state index contributed by atoms with van der Waals surface area (Å²) in [4.78, 5) is 2.41. The van der Waals surface area contributed by atoms with Crippen molar-refractivity contribution in [2.75, 3.05) is 4.90 Å². The Morgan fingerprint density at radius 1 is 0.266 bits per heavy atom. The van der Waals surface area contributed by atoms with Crippen molar-refractivity contribution in [1.29, 1.82) is 0 Å². The number of hydrogen-bond donors (Lipinski definition) is 0. The van der Waals surface area contributed by atoms with Gasteiger partial charge in [-0.05, 0) is 102 Å². The van der Waals surface area contributed by atoms with Gasteiger partial charge in [0.25, 0.3) is 0 Å². The Kier molecular flexibility index (Phi) is 9.20. The molecule has 0 aliphatic carbocycles. The zero-order valence-electron chi connectivity index (χ0n) is 35.0. The molecule has 64 heavy (non-hydrogen) atoms. The number of furan rings is 1. The van der Waals surface area contributed by atoms with Crippen molar-refractivity contribution < 1.29 is 4.42 Å². The lowest BCUT2D eigenvalue weighted by Gasteiger charge is -2.29. The van der Waals surface area contributed by atoms with Crippen molar-refractivity contribution in [3.8, 4) is 55.6 Å². The molecule has 0 fully saturated rings. The quantitative estimate of drug-likeness (QED) is 0.152. The molecule has 0 N–H and O–H groups in total. The Hall–Kier alpha value is -8.46. The minimum Gasteiger partial charge on any atom is -0.455 e. The Morgan fingerprint density at radius 3 is 1.38 bits per heavy atom. The molecule has 0 aliphatic rings. The van der Waals surface area contributed by atoms with Crippen LogP contribution in [-0.2, 0) is 0 Å². The topological polar surface area (TPSA) is 16.4 Å². The molecule has 0 amide bonds. The summed E-state index contributed by atoms with van der Waals surface area (Å²) in [6.45, 7) is 0. The molecular weight excluding hydrogens is 775 g/mol. The van der Waals surface area contributed by atoms with Crippen LogP contribution in [0.3, 0.4) is 0 Å². The van der Waals surface area contributed by atoms with Gasteiger partial charge in [0.05, 0.1) is 5.69 Å². The Balaban J connectivity index is 0.993. The maximum Gasteiger partial charge on any atom is 0.143 e. The van der Waals surface area contributed by atoms with Crippen molar-refractivity contribution in [2.45, 2.75) is 0 Å². The van der Waals surface area contributed by atoms with E-state index in [1.807, 2.05) is 12.1 Å². The molecule has 1 heterocycles. The summed E-state index contributed by atoms with van der Waals surface area (Å²) in [5.74, 6) is 0. The molecule has 1 aromatic heterocycles. The first kappa shape index (κ1) is 37.3. The van der Waals surface area contributed by atoms with E-state index >= 15 is 0 Å². The van der Waals surface area contributed by atoms with Crippen molar-refractivity contribution in [1.82, 2.24) is 0 Å². The summed E-state index contributed by atoms with van der Waals surface area (Å²) in [5, 5.41) is 7.23. The molecule has 0 unspecified atom stereocenters. The third-order valence-electron chi connectivity index (χ3n) is 12.7. The van der Waals surface area contributed by atoms with Gasteiger partial charge in [-0.2, -0.15) is 0 Å². The Labute approximate surface area is 372 Å². The van der Waals surface area contributed by atoms with Gasteiger partial charge in [-0.3, -0.25) is 0 Å². The summed E-state index contributed by atoms with van der Waals surface area (Å²) in [7, 11) is 0. The number of rotatable bonds is 8. The van der Waals surface area contributed by atoms with Crippen LogP contribution in [0.4, 0.5) is 17.1 Å². The van der Waals surface area contributed by atoms with Gasteiger partial charge < -0.3 is 9.32 Å². The van der Waals surface area contributed by atoms with Gasteiger partial charge in [0.15, 0.2) is 0 Å². The fraction of sp³-hybridized carbons (Fsp3) is 0. The highest BCUT2D eigenvalue weighted by molar-refractivity contribution is 6.09. The van der Waals surface area contributed by atoms with E-state index in [0.717, 1.165) is 72.4 Å². The summed E-state index contributed by atoms with van der Waals surface area (Å²) >= 11 is 0. The minimum absolute atomic E-state index is 0.900. The molecule has 0 saturated heterocycles. The number of hydrogen-bond acceptors (Lipinski definition) is 2. The standard InChI is InChI=1S/C62H41NO/c1-2-13-46(14-3-1)56-40-35-49(55-23-11-18-45-16-5-7-20-53(45)55)41-60(56)63(51-38-33-48(34-39-51)57-24-12-25-59-58-21-8-9-26-61(58)64-62(57)59)50-36-31-43(32-37-50)42-27-29-47(30-28-42)54-22-10-17-44-15-4-6-19-52(44)54/h1-41H. The highest BCUT2D eigenvalue weighted by atomic mass is 16.3. The van der Waals surface area contributed by atoms with Crippen molar-refractivity contribution in [3.05, 3.63) is 249 Å². The first-order valence-electron chi connectivity index (χ1n) is 21.9. The van der Waals surface area contributed by atoms with Gasteiger partial charge in [0, 0.05) is 33.3 Å². The van der Waals surface area contributed by atoms with E-state index in [-0.39, 0.29) is 0 Å². The molecule has 0 spiro atoms. The summed E-state index contributed by atoms with van der Waals surface area (Å²) in [5.41, 5.74) is 16.7. The van der Waals surface area contributed by atoms with Gasteiger partial charge in [0.1, 0.15) is 11.2 Å². The average Bonchev–Trinajstić information content (AvgIpc) is 3.76.